The SMILES string of the molecule is C=C/C=C(\C=C/C)COC/C(=C/C)NCC#Cc1ccc(NNc2ccc(O)c(OC)c2)cc1. The Kier molecular flexibility index (Phi) is 11.5. The zero-order chi connectivity index (χ0) is 24.6. The van der Waals surface area contributed by atoms with E-state index in [0.717, 1.165) is 28.2 Å². The van der Waals surface area contributed by atoms with E-state index < -0.39 is 0 Å². The lowest BCUT2D eigenvalue weighted by Crippen LogP contribution is -2.18. The third kappa shape index (κ3) is 9.19. The molecule has 2 aromatic carbocycles. The van der Waals surface area contributed by atoms with Gasteiger partial charge in [-0.2, -0.15) is 0 Å². The fourth-order valence-corrected chi connectivity index (χ4v) is 2.87. The predicted molar refractivity (Wildman–Crippen MR) is 141 cm³/mol. The number of phenolic OH excluding ortho intramolecular Hbond substituents is 1. The Balaban J connectivity index is 1.78. The van der Waals surface area contributed by atoms with E-state index in [-0.39, 0.29) is 5.75 Å². The number of aromatic hydroxyl groups is 1. The van der Waals surface area contributed by atoms with E-state index in [1.54, 1.807) is 24.3 Å². The number of benzene rings is 2. The van der Waals surface area contributed by atoms with E-state index in [1.165, 1.54) is 7.11 Å². The molecule has 2 aromatic rings. The number of hydrazine groups is 1. The van der Waals surface area contributed by atoms with Crippen molar-refractivity contribution in [3.05, 3.63) is 96.3 Å². The van der Waals surface area contributed by atoms with Crippen LogP contribution in [0.25, 0.3) is 0 Å². The van der Waals surface area contributed by atoms with Gasteiger partial charge in [-0.3, -0.25) is 0 Å². The lowest BCUT2D eigenvalue weighted by molar-refractivity contribution is 0.177. The first-order valence-electron chi connectivity index (χ1n) is 11.0. The molecule has 0 saturated carbocycles. The summed E-state index contributed by atoms with van der Waals surface area (Å²) >= 11 is 0. The van der Waals surface area contributed by atoms with Crippen LogP contribution in [0.3, 0.4) is 0 Å². The molecule has 4 N–H and O–H groups in total. The first kappa shape index (κ1) is 26.2. The Labute approximate surface area is 202 Å². The molecule has 6 nitrogen and oxygen atoms in total. The Morgan fingerprint density at radius 2 is 1.79 bits per heavy atom. The standard InChI is InChI=1S/C28H33N3O3/c1-5-9-23(10-6-2)20-34-21-24(7-3)29-18-8-11-22-12-14-25(15-13-22)30-31-26-16-17-27(32)28(19-26)33-4/h5-7,9-10,12-17,19,29-32H,1,18,20-21H2,2-4H3/b10-6-,23-9+,24-7-. The van der Waals surface area contributed by atoms with Gasteiger partial charge in [0.15, 0.2) is 11.5 Å². The van der Waals surface area contributed by atoms with Crippen molar-refractivity contribution in [1.82, 2.24) is 5.32 Å². The van der Waals surface area contributed by atoms with Crippen LogP contribution in [-0.4, -0.2) is 32.0 Å². The van der Waals surface area contributed by atoms with Crippen molar-refractivity contribution in [3.63, 3.8) is 0 Å². The number of hydrogen-bond donors (Lipinski definition) is 4. The molecule has 0 saturated heterocycles. The molecule has 0 aliphatic carbocycles. The van der Waals surface area contributed by atoms with Crippen LogP contribution in [0.4, 0.5) is 11.4 Å². The zero-order valence-electron chi connectivity index (χ0n) is 20.0. The van der Waals surface area contributed by atoms with Crippen LogP contribution in [-0.2, 0) is 4.74 Å². The number of nitrogens with one attached hydrogen (secondary N) is 3. The van der Waals surface area contributed by atoms with Gasteiger partial charge in [0.2, 0.25) is 0 Å². The van der Waals surface area contributed by atoms with Crippen LogP contribution >= 0.6 is 0 Å². The summed E-state index contributed by atoms with van der Waals surface area (Å²) in [6, 6.07) is 12.8. The van der Waals surface area contributed by atoms with Crippen LogP contribution in [0.15, 0.2) is 90.7 Å². The Morgan fingerprint density at radius 3 is 2.47 bits per heavy atom. The highest BCUT2D eigenvalue weighted by atomic mass is 16.5. The number of ether oxygens (including phenoxy) is 2. The number of hydrogen-bond acceptors (Lipinski definition) is 6. The molecule has 0 fully saturated rings. The summed E-state index contributed by atoms with van der Waals surface area (Å²) in [5.41, 5.74) is 10.8. The van der Waals surface area contributed by atoms with E-state index in [0.29, 0.717) is 25.5 Å². The van der Waals surface area contributed by atoms with Gasteiger partial charge in [-0.1, -0.05) is 48.8 Å². The van der Waals surface area contributed by atoms with E-state index in [2.05, 4.69) is 34.6 Å². The normalized spacial score (nSPS) is 11.5. The molecule has 0 spiro atoms. The van der Waals surface area contributed by atoms with Crippen LogP contribution in [0.1, 0.15) is 19.4 Å². The minimum absolute atomic E-state index is 0.0961. The molecule has 6 heteroatoms. The van der Waals surface area contributed by atoms with Gasteiger partial charge in [0, 0.05) is 17.3 Å². The van der Waals surface area contributed by atoms with Crippen molar-refractivity contribution < 1.29 is 14.6 Å². The van der Waals surface area contributed by atoms with E-state index in [9.17, 15) is 5.11 Å². The topological polar surface area (TPSA) is 74.8 Å². The average Bonchev–Trinajstić information content (AvgIpc) is 2.86. The van der Waals surface area contributed by atoms with Gasteiger partial charge in [-0.25, -0.2) is 0 Å². The quantitative estimate of drug-likeness (QED) is 0.148. The summed E-state index contributed by atoms with van der Waals surface area (Å²) in [5, 5.41) is 13.0. The summed E-state index contributed by atoms with van der Waals surface area (Å²) in [6.45, 7) is 9.22. The maximum Gasteiger partial charge on any atom is 0.162 e. The molecule has 0 bridgehead atoms. The van der Waals surface area contributed by atoms with Crippen molar-refractivity contribution in [2.45, 2.75) is 13.8 Å². The van der Waals surface area contributed by atoms with Crippen molar-refractivity contribution in [2.75, 3.05) is 37.7 Å². The fourth-order valence-electron chi connectivity index (χ4n) is 2.87. The first-order valence-corrected chi connectivity index (χ1v) is 11.0. The van der Waals surface area contributed by atoms with Crippen molar-refractivity contribution >= 4 is 11.4 Å². The minimum Gasteiger partial charge on any atom is -0.504 e. The number of rotatable bonds is 12. The Morgan fingerprint density at radius 1 is 1.06 bits per heavy atom. The molecule has 2 rings (SSSR count). The minimum atomic E-state index is 0.0961. The molecule has 0 aliphatic rings. The van der Waals surface area contributed by atoms with Gasteiger partial charge in [-0.05, 0) is 55.8 Å². The molecule has 34 heavy (non-hydrogen) atoms. The van der Waals surface area contributed by atoms with E-state index >= 15 is 0 Å². The van der Waals surface area contributed by atoms with E-state index in [1.807, 2.05) is 62.4 Å². The molecule has 0 atom stereocenters. The van der Waals surface area contributed by atoms with Gasteiger partial charge in [0.05, 0.1) is 38.2 Å². The average molecular weight is 460 g/mol. The lowest BCUT2D eigenvalue weighted by atomic mass is 10.2. The van der Waals surface area contributed by atoms with Crippen molar-refractivity contribution in [3.8, 4) is 23.3 Å². The molecule has 178 valence electrons. The second-order valence-corrected chi connectivity index (χ2v) is 7.15. The Hall–Kier alpha value is -4.08. The molecule has 0 unspecified atom stereocenters. The zero-order valence-corrected chi connectivity index (χ0v) is 20.0. The predicted octanol–water partition coefficient (Wildman–Crippen LogP) is 5.39. The van der Waals surface area contributed by atoms with Crippen molar-refractivity contribution in [2.24, 2.45) is 0 Å². The number of anilines is 2. The maximum absolute atomic E-state index is 9.67. The lowest BCUT2D eigenvalue weighted by Gasteiger charge is -2.11. The molecular formula is C28H33N3O3. The molecule has 0 radical (unpaired) electrons. The molecular weight excluding hydrogens is 426 g/mol. The van der Waals surface area contributed by atoms with Gasteiger partial charge in [0.1, 0.15) is 0 Å². The first-order chi connectivity index (χ1) is 16.6. The highest BCUT2D eigenvalue weighted by Gasteiger charge is 2.02. The van der Waals surface area contributed by atoms with Crippen LogP contribution in [0.2, 0.25) is 0 Å². The summed E-state index contributed by atoms with van der Waals surface area (Å²) in [7, 11) is 1.51. The largest absolute Gasteiger partial charge is 0.504 e. The van der Waals surface area contributed by atoms with Crippen LogP contribution in [0, 0.1) is 11.8 Å². The number of phenols is 1. The summed E-state index contributed by atoms with van der Waals surface area (Å²) in [4.78, 5) is 0. The summed E-state index contributed by atoms with van der Waals surface area (Å²) in [6.07, 6.45) is 9.68. The highest BCUT2D eigenvalue weighted by molar-refractivity contribution is 5.58. The maximum atomic E-state index is 9.67. The molecule has 0 aromatic heterocycles. The smallest absolute Gasteiger partial charge is 0.162 e. The monoisotopic (exact) mass is 459 g/mol. The number of methoxy groups -OCH3 is 1. The van der Waals surface area contributed by atoms with Crippen LogP contribution in [0.5, 0.6) is 11.5 Å². The summed E-state index contributed by atoms with van der Waals surface area (Å²) < 4.78 is 10.9. The second kappa shape index (κ2) is 14.9. The second-order valence-electron chi connectivity index (χ2n) is 7.15. The third-order valence-corrected chi connectivity index (χ3v) is 4.64. The highest BCUT2D eigenvalue weighted by Crippen LogP contribution is 2.28. The van der Waals surface area contributed by atoms with Gasteiger partial charge < -0.3 is 30.7 Å². The van der Waals surface area contributed by atoms with E-state index in [4.69, 9.17) is 9.47 Å². The summed E-state index contributed by atoms with van der Waals surface area (Å²) in [5.74, 6) is 6.79. The molecule has 0 amide bonds. The fraction of sp³-hybridized carbons (Fsp3) is 0.214. The molecule has 0 heterocycles. The van der Waals surface area contributed by atoms with Crippen molar-refractivity contribution in [1.29, 1.82) is 0 Å². The number of allylic oxidation sites excluding steroid dienone is 4. The molecule has 0 aliphatic heterocycles. The van der Waals surface area contributed by atoms with Crippen LogP contribution < -0.4 is 20.9 Å². The third-order valence-electron chi connectivity index (χ3n) is 4.64. The van der Waals surface area contributed by atoms with Gasteiger partial charge >= 0.3 is 0 Å². The van der Waals surface area contributed by atoms with Gasteiger partial charge in [0.25, 0.3) is 0 Å². The Bertz CT molecular complexity index is 1070. The van der Waals surface area contributed by atoms with Gasteiger partial charge in [-0.15, -0.1) is 0 Å².